The molecule has 5 heteroatoms. The summed E-state index contributed by atoms with van der Waals surface area (Å²) in [7, 11) is 1.69. The van der Waals surface area contributed by atoms with Gasteiger partial charge in [0.2, 0.25) is 0 Å². The van der Waals surface area contributed by atoms with Gasteiger partial charge in [-0.2, -0.15) is 0 Å². The molecular formula is C19H23NO3S. The summed E-state index contributed by atoms with van der Waals surface area (Å²) in [5.41, 5.74) is 0.332. The second-order valence-corrected chi connectivity index (χ2v) is 7.64. The van der Waals surface area contributed by atoms with Crippen LogP contribution in [0.2, 0.25) is 0 Å². The summed E-state index contributed by atoms with van der Waals surface area (Å²) in [5.74, 6) is 0.776. The van der Waals surface area contributed by atoms with Gasteiger partial charge in [0, 0.05) is 18.5 Å². The molecule has 0 unspecified atom stereocenters. The first-order valence-corrected chi connectivity index (χ1v) is 8.70. The first kappa shape index (κ1) is 18.2. The SMILES string of the molecule is CCOc1cccc(/C=c2/s/c(=C/C(=O)C(C)(C)C)n(C)c2=O)c1. The van der Waals surface area contributed by atoms with Crippen molar-refractivity contribution in [2.24, 2.45) is 12.5 Å². The zero-order valence-corrected chi connectivity index (χ0v) is 15.6. The molecule has 24 heavy (non-hydrogen) atoms. The molecule has 128 valence electrons. The second kappa shape index (κ2) is 7.18. The number of Topliss-reactive ketones (excluding diaryl/α,β-unsaturated/α-hetero) is 1. The van der Waals surface area contributed by atoms with E-state index in [-0.39, 0.29) is 11.3 Å². The molecule has 0 spiro atoms. The second-order valence-electron chi connectivity index (χ2n) is 6.58. The van der Waals surface area contributed by atoms with Gasteiger partial charge < -0.3 is 9.30 Å². The first-order valence-electron chi connectivity index (χ1n) is 7.89. The third-order valence-corrected chi connectivity index (χ3v) is 4.63. The van der Waals surface area contributed by atoms with Crippen molar-refractivity contribution in [3.8, 4) is 5.75 Å². The van der Waals surface area contributed by atoms with Crippen LogP contribution in [-0.2, 0) is 11.8 Å². The predicted molar refractivity (Wildman–Crippen MR) is 98.9 cm³/mol. The van der Waals surface area contributed by atoms with E-state index in [2.05, 4.69) is 0 Å². The molecule has 0 saturated heterocycles. The number of thiazole rings is 1. The average molecular weight is 345 g/mol. The highest BCUT2D eigenvalue weighted by Gasteiger charge is 2.19. The highest BCUT2D eigenvalue weighted by Crippen LogP contribution is 2.15. The molecule has 0 aliphatic rings. The standard InChI is InChI=1S/C19H23NO3S/c1-6-23-14-9-7-8-13(10-14)11-15-18(22)20(5)17(24-15)12-16(21)19(2,3)4/h7-12H,6H2,1-5H3/b15-11+,17-12+. The lowest BCUT2D eigenvalue weighted by Crippen LogP contribution is -2.30. The van der Waals surface area contributed by atoms with Crippen molar-refractivity contribution in [2.75, 3.05) is 6.61 Å². The Kier molecular flexibility index (Phi) is 5.44. The van der Waals surface area contributed by atoms with Gasteiger partial charge in [-0.15, -0.1) is 11.3 Å². The monoisotopic (exact) mass is 345 g/mol. The molecule has 0 amide bonds. The van der Waals surface area contributed by atoms with E-state index in [0.29, 0.717) is 15.8 Å². The van der Waals surface area contributed by atoms with Crippen molar-refractivity contribution in [2.45, 2.75) is 27.7 Å². The number of hydrogen-bond acceptors (Lipinski definition) is 4. The molecule has 0 radical (unpaired) electrons. The topological polar surface area (TPSA) is 48.3 Å². The van der Waals surface area contributed by atoms with Crippen molar-refractivity contribution in [3.05, 3.63) is 49.4 Å². The van der Waals surface area contributed by atoms with Gasteiger partial charge in [-0.25, -0.2) is 0 Å². The molecule has 0 aliphatic carbocycles. The molecule has 1 aromatic heterocycles. The number of carbonyl (C=O) groups excluding carboxylic acids is 1. The normalized spacial score (nSPS) is 13.4. The highest BCUT2D eigenvalue weighted by molar-refractivity contribution is 7.07. The molecule has 1 aromatic carbocycles. The number of aromatic nitrogens is 1. The average Bonchev–Trinajstić information content (AvgIpc) is 2.75. The fourth-order valence-corrected chi connectivity index (χ4v) is 3.08. The van der Waals surface area contributed by atoms with E-state index in [0.717, 1.165) is 11.3 Å². The van der Waals surface area contributed by atoms with E-state index >= 15 is 0 Å². The minimum Gasteiger partial charge on any atom is -0.494 e. The lowest BCUT2D eigenvalue weighted by Gasteiger charge is -2.12. The third-order valence-electron chi connectivity index (χ3n) is 3.52. The lowest BCUT2D eigenvalue weighted by atomic mass is 9.91. The summed E-state index contributed by atoms with van der Waals surface area (Å²) in [4.78, 5) is 24.6. The molecule has 0 N–H and O–H groups in total. The fourth-order valence-electron chi connectivity index (χ4n) is 2.05. The van der Waals surface area contributed by atoms with Gasteiger partial charge in [-0.3, -0.25) is 9.59 Å². The minimum absolute atomic E-state index is 0.00393. The van der Waals surface area contributed by atoms with Gasteiger partial charge >= 0.3 is 0 Å². The Bertz CT molecular complexity index is 913. The number of benzene rings is 1. The van der Waals surface area contributed by atoms with Gasteiger partial charge in [0.05, 0.1) is 11.1 Å². The van der Waals surface area contributed by atoms with Crippen LogP contribution < -0.4 is 19.5 Å². The molecule has 0 atom stereocenters. The molecule has 0 saturated carbocycles. The zero-order valence-electron chi connectivity index (χ0n) is 14.8. The van der Waals surface area contributed by atoms with E-state index in [9.17, 15) is 9.59 Å². The van der Waals surface area contributed by atoms with Crippen LogP contribution in [0.15, 0.2) is 29.1 Å². The van der Waals surface area contributed by atoms with Crippen LogP contribution in [0, 0.1) is 5.41 Å². The van der Waals surface area contributed by atoms with Crippen molar-refractivity contribution in [1.82, 2.24) is 4.57 Å². The van der Waals surface area contributed by atoms with E-state index in [1.165, 1.54) is 15.9 Å². The summed E-state index contributed by atoms with van der Waals surface area (Å²) in [6.07, 6.45) is 3.38. The maximum atomic E-state index is 12.4. The van der Waals surface area contributed by atoms with Crippen LogP contribution in [0.5, 0.6) is 5.75 Å². The molecule has 0 aliphatic heterocycles. The molecule has 2 rings (SSSR count). The van der Waals surface area contributed by atoms with E-state index < -0.39 is 5.41 Å². The van der Waals surface area contributed by atoms with Gasteiger partial charge in [0.15, 0.2) is 5.78 Å². The van der Waals surface area contributed by atoms with Crippen LogP contribution in [0.3, 0.4) is 0 Å². The molecule has 0 fully saturated rings. The van der Waals surface area contributed by atoms with Crippen molar-refractivity contribution in [1.29, 1.82) is 0 Å². The first-order chi connectivity index (χ1) is 11.2. The van der Waals surface area contributed by atoms with Gasteiger partial charge in [0.1, 0.15) is 10.4 Å². The number of hydrogen-bond donors (Lipinski definition) is 0. The number of nitrogens with zero attached hydrogens (tertiary/aromatic N) is 1. The molecule has 1 heterocycles. The Labute approximate surface area is 145 Å². The predicted octanol–water partition coefficient (Wildman–Crippen LogP) is 2.07. The van der Waals surface area contributed by atoms with E-state index in [1.807, 2.05) is 58.0 Å². The Morgan fingerprint density at radius 2 is 2.04 bits per heavy atom. The number of carbonyl (C=O) groups is 1. The molecule has 4 nitrogen and oxygen atoms in total. The van der Waals surface area contributed by atoms with Crippen LogP contribution in [-0.4, -0.2) is 17.0 Å². The summed E-state index contributed by atoms with van der Waals surface area (Å²) < 4.78 is 8.26. The van der Waals surface area contributed by atoms with Crippen molar-refractivity contribution in [3.63, 3.8) is 0 Å². The Morgan fingerprint density at radius 3 is 2.67 bits per heavy atom. The number of ketones is 1. The number of rotatable bonds is 4. The summed E-state index contributed by atoms with van der Waals surface area (Å²) in [5, 5.41) is 0. The largest absolute Gasteiger partial charge is 0.494 e. The summed E-state index contributed by atoms with van der Waals surface area (Å²) >= 11 is 1.32. The van der Waals surface area contributed by atoms with Crippen molar-refractivity contribution < 1.29 is 9.53 Å². The zero-order chi connectivity index (χ0) is 17.9. The lowest BCUT2D eigenvalue weighted by molar-refractivity contribution is -0.120. The molecular weight excluding hydrogens is 322 g/mol. The van der Waals surface area contributed by atoms with Crippen molar-refractivity contribution >= 4 is 29.3 Å². The Hall–Kier alpha value is -2.14. The summed E-state index contributed by atoms with van der Waals surface area (Å²) in [6, 6.07) is 7.59. The maximum absolute atomic E-state index is 12.4. The Balaban J connectivity index is 2.52. The molecule has 0 bridgehead atoms. The minimum atomic E-state index is -0.463. The van der Waals surface area contributed by atoms with Gasteiger partial charge in [-0.05, 0) is 30.7 Å². The van der Waals surface area contributed by atoms with Gasteiger partial charge in [0.25, 0.3) is 5.56 Å². The third kappa shape index (κ3) is 4.23. The summed E-state index contributed by atoms with van der Waals surface area (Å²) in [6.45, 7) is 8.12. The smallest absolute Gasteiger partial charge is 0.268 e. The maximum Gasteiger partial charge on any atom is 0.268 e. The molecule has 2 aromatic rings. The van der Waals surface area contributed by atoms with E-state index in [4.69, 9.17) is 4.74 Å². The van der Waals surface area contributed by atoms with Crippen LogP contribution in [0.4, 0.5) is 0 Å². The van der Waals surface area contributed by atoms with Crippen LogP contribution >= 0.6 is 11.3 Å². The Morgan fingerprint density at radius 1 is 1.33 bits per heavy atom. The highest BCUT2D eigenvalue weighted by atomic mass is 32.1. The fraction of sp³-hybridized carbons (Fsp3) is 0.368. The van der Waals surface area contributed by atoms with Gasteiger partial charge in [-0.1, -0.05) is 32.9 Å². The van der Waals surface area contributed by atoms with Crippen LogP contribution in [0.25, 0.3) is 12.2 Å². The number of ether oxygens (including phenoxy) is 1. The van der Waals surface area contributed by atoms with E-state index in [1.54, 1.807) is 13.1 Å². The van der Waals surface area contributed by atoms with Crippen LogP contribution in [0.1, 0.15) is 33.3 Å². The quantitative estimate of drug-likeness (QED) is 0.852.